The van der Waals surface area contributed by atoms with Gasteiger partial charge in [-0.2, -0.15) is 0 Å². The standard InChI is InChI=1S/C20H24F3N3O2/c21-12-4-5-14-15(11-12)17(18(24)27)26(19(14)28)16-3-1-2-10-25(16)13-6-8-20(22,23)9-7-13/h4-5,11,13,16-17H,1-3,6-10H2,(H2,24,27). The second-order valence-electron chi connectivity index (χ2n) is 8.05. The quantitative estimate of drug-likeness (QED) is 0.855. The Bertz CT molecular complexity index is 791. The Morgan fingerprint density at radius 3 is 2.54 bits per heavy atom. The van der Waals surface area contributed by atoms with Gasteiger partial charge in [0.2, 0.25) is 11.8 Å². The van der Waals surface area contributed by atoms with E-state index in [4.69, 9.17) is 5.73 Å². The maximum Gasteiger partial charge on any atom is 0.256 e. The third-order valence-corrected chi connectivity index (χ3v) is 6.31. The van der Waals surface area contributed by atoms with E-state index >= 15 is 0 Å². The first-order valence-corrected chi connectivity index (χ1v) is 9.83. The van der Waals surface area contributed by atoms with E-state index in [0.717, 1.165) is 12.8 Å². The van der Waals surface area contributed by atoms with Gasteiger partial charge >= 0.3 is 0 Å². The van der Waals surface area contributed by atoms with Crippen LogP contribution in [0.4, 0.5) is 13.2 Å². The number of rotatable bonds is 3. The summed E-state index contributed by atoms with van der Waals surface area (Å²) in [6, 6.07) is 2.68. The molecule has 0 aromatic heterocycles. The molecule has 2 atom stereocenters. The first-order chi connectivity index (χ1) is 13.3. The molecule has 3 aliphatic rings. The van der Waals surface area contributed by atoms with Crippen LogP contribution in [0.25, 0.3) is 0 Å². The fourth-order valence-electron chi connectivity index (χ4n) is 4.98. The molecule has 28 heavy (non-hydrogen) atoms. The Hall–Kier alpha value is -2.09. The van der Waals surface area contributed by atoms with E-state index in [9.17, 15) is 22.8 Å². The Labute approximate surface area is 161 Å². The largest absolute Gasteiger partial charge is 0.368 e. The zero-order valence-electron chi connectivity index (χ0n) is 15.5. The zero-order valence-corrected chi connectivity index (χ0v) is 15.5. The number of likely N-dealkylation sites (tertiary alicyclic amines) is 1. The fourth-order valence-corrected chi connectivity index (χ4v) is 4.98. The average Bonchev–Trinajstić information content (AvgIpc) is 2.94. The van der Waals surface area contributed by atoms with Crippen molar-refractivity contribution < 1.29 is 22.8 Å². The molecule has 2 N–H and O–H groups in total. The summed E-state index contributed by atoms with van der Waals surface area (Å²) in [5.41, 5.74) is 6.18. The summed E-state index contributed by atoms with van der Waals surface area (Å²) in [7, 11) is 0. The van der Waals surface area contributed by atoms with Crippen molar-refractivity contribution >= 4 is 11.8 Å². The van der Waals surface area contributed by atoms with Crippen molar-refractivity contribution in [3.05, 3.63) is 35.1 Å². The molecular weight excluding hydrogens is 371 g/mol. The van der Waals surface area contributed by atoms with E-state index in [0.29, 0.717) is 31.4 Å². The third kappa shape index (κ3) is 3.27. The monoisotopic (exact) mass is 395 g/mol. The predicted octanol–water partition coefficient (Wildman–Crippen LogP) is 3.20. The summed E-state index contributed by atoms with van der Waals surface area (Å²) in [6.07, 6.45) is 2.39. The summed E-state index contributed by atoms with van der Waals surface area (Å²) in [5.74, 6) is -4.22. The zero-order chi connectivity index (χ0) is 20.1. The number of halogens is 3. The number of hydrogen-bond acceptors (Lipinski definition) is 3. The van der Waals surface area contributed by atoms with Gasteiger partial charge in [-0.1, -0.05) is 0 Å². The molecule has 0 radical (unpaired) electrons. The van der Waals surface area contributed by atoms with Crippen LogP contribution in [0.15, 0.2) is 18.2 Å². The minimum absolute atomic E-state index is 0.0632. The van der Waals surface area contributed by atoms with Crippen LogP contribution in [0.3, 0.4) is 0 Å². The smallest absolute Gasteiger partial charge is 0.256 e. The lowest BCUT2D eigenvalue weighted by molar-refractivity contribution is -0.126. The van der Waals surface area contributed by atoms with Crippen LogP contribution in [0.1, 0.15) is 66.9 Å². The molecule has 2 fully saturated rings. The first kappa shape index (κ1) is 19.2. The van der Waals surface area contributed by atoms with Crippen molar-refractivity contribution in [3.63, 3.8) is 0 Å². The molecule has 0 bridgehead atoms. The highest BCUT2D eigenvalue weighted by molar-refractivity contribution is 6.04. The van der Waals surface area contributed by atoms with Gasteiger partial charge in [-0.15, -0.1) is 0 Å². The van der Waals surface area contributed by atoms with E-state index in [1.165, 1.54) is 23.1 Å². The minimum atomic E-state index is -2.63. The van der Waals surface area contributed by atoms with Crippen LogP contribution in [0, 0.1) is 5.82 Å². The normalized spacial score (nSPS) is 28.4. The summed E-state index contributed by atoms with van der Waals surface area (Å²) in [4.78, 5) is 28.9. The number of alkyl halides is 2. The molecule has 1 aliphatic carbocycles. The van der Waals surface area contributed by atoms with Crippen LogP contribution >= 0.6 is 0 Å². The molecule has 2 unspecified atom stereocenters. The second kappa shape index (κ2) is 7.06. The number of primary amides is 1. The van der Waals surface area contributed by atoms with Crippen molar-refractivity contribution in [1.82, 2.24) is 9.80 Å². The molecule has 2 amide bonds. The Balaban J connectivity index is 1.65. The maximum absolute atomic E-state index is 13.8. The van der Waals surface area contributed by atoms with Crippen molar-refractivity contribution in [2.24, 2.45) is 5.73 Å². The fraction of sp³-hybridized carbons (Fsp3) is 0.600. The van der Waals surface area contributed by atoms with E-state index in [-0.39, 0.29) is 30.4 Å². The molecule has 2 aliphatic heterocycles. The molecular formula is C20H24F3N3O2. The van der Waals surface area contributed by atoms with Crippen molar-refractivity contribution in [2.75, 3.05) is 6.54 Å². The number of fused-ring (bicyclic) bond motifs is 1. The van der Waals surface area contributed by atoms with Gasteiger partial charge in [0, 0.05) is 31.0 Å². The van der Waals surface area contributed by atoms with Crippen LogP contribution < -0.4 is 5.73 Å². The Morgan fingerprint density at radius 1 is 1.14 bits per heavy atom. The molecule has 5 nitrogen and oxygen atoms in total. The van der Waals surface area contributed by atoms with Crippen LogP contribution in [-0.4, -0.2) is 46.3 Å². The molecule has 1 saturated carbocycles. The highest BCUT2D eigenvalue weighted by Crippen LogP contribution is 2.42. The average molecular weight is 395 g/mol. The van der Waals surface area contributed by atoms with Crippen molar-refractivity contribution in [2.45, 2.75) is 69.1 Å². The molecule has 8 heteroatoms. The van der Waals surface area contributed by atoms with Crippen LogP contribution in [0.5, 0.6) is 0 Å². The van der Waals surface area contributed by atoms with Crippen molar-refractivity contribution in [3.8, 4) is 0 Å². The highest BCUT2D eigenvalue weighted by Gasteiger charge is 2.48. The van der Waals surface area contributed by atoms with Gasteiger partial charge in [0.1, 0.15) is 11.9 Å². The van der Waals surface area contributed by atoms with Crippen molar-refractivity contribution in [1.29, 1.82) is 0 Å². The SMILES string of the molecule is NC(=O)C1c2cc(F)ccc2C(=O)N1C1CCCCN1C1CCC(F)(F)CC1. The Kier molecular flexibility index (Phi) is 4.85. The number of carbonyl (C=O) groups excluding carboxylic acids is 2. The van der Waals surface area contributed by atoms with Gasteiger partial charge in [0.05, 0.1) is 6.17 Å². The molecule has 4 rings (SSSR count). The van der Waals surface area contributed by atoms with Gasteiger partial charge in [-0.3, -0.25) is 14.5 Å². The number of amides is 2. The summed E-state index contributed by atoms with van der Waals surface area (Å²) in [6.45, 7) is 0.681. The second-order valence-corrected chi connectivity index (χ2v) is 8.05. The number of nitrogens with zero attached hydrogens (tertiary/aromatic N) is 2. The topological polar surface area (TPSA) is 66.6 Å². The molecule has 2 heterocycles. The Morgan fingerprint density at radius 2 is 1.86 bits per heavy atom. The highest BCUT2D eigenvalue weighted by atomic mass is 19.3. The minimum Gasteiger partial charge on any atom is -0.368 e. The lowest BCUT2D eigenvalue weighted by Gasteiger charge is -2.48. The molecule has 1 aromatic carbocycles. The van der Waals surface area contributed by atoms with Crippen LogP contribution in [-0.2, 0) is 4.79 Å². The summed E-state index contributed by atoms with van der Waals surface area (Å²) >= 11 is 0. The van der Waals surface area contributed by atoms with Gasteiger partial charge in [-0.25, -0.2) is 13.2 Å². The molecule has 1 aromatic rings. The lowest BCUT2D eigenvalue weighted by atomic mass is 9.89. The maximum atomic E-state index is 13.8. The molecule has 0 spiro atoms. The van der Waals surface area contributed by atoms with E-state index < -0.39 is 29.9 Å². The third-order valence-electron chi connectivity index (χ3n) is 6.31. The van der Waals surface area contributed by atoms with Gasteiger partial charge in [0.15, 0.2) is 0 Å². The van der Waals surface area contributed by atoms with E-state index in [1.807, 2.05) is 0 Å². The molecule has 152 valence electrons. The lowest BCUT2D eigenvalue weighted by Crippen LogP contribution is -2.58. The van der Waals surface area contributed by atoms with Crippen LogP contribution in [0.2, 0.25) is 0 Å². The number of carbonyl (C=O) groups is 2. The predicted molar refractivity (Wildman–Crippen MR) is 96.1 cm³/mol. The number of benzene rings is 1. The van der Waals surface area contributed by atoms with E-state index in [1.54, 1.807) is 0 Å². The van der Waals surface area contributed by atoms with Gasteiger partial charge in [-0.05, 0) is 55.9 Å². The first-order valence-electron chi connectivity index (χ1n) is 9.83. The number of piperidine rings is 1. The number of hydrogen-bond donors (Lipinski definition) is 1. The molecule has 1 saturated heterocycles. The summed E-state index contributed by atoms with van der Waals surface area (Å²) < 4.78 is 41.0. The number of nitrogens with two attached hydrogens (primary N) is 1. The van der Waals surface area contributed by atoms with E-state index in [2.05, 4.69) is 4.90 Å². The van der Waals surface area contributed by atoms with Gasteiger partial charge in [0.25, 0.3) is 5.91 Å². The summed E-state index contributed by atoms with van der Waals surface area (Å²) in [5, 5.41) is 0. The van der Waals surface area contributed by atoms with Gasteiger partial charge < -0.3 is 10.6 Å².